The molecule has 0 saturated heterocycles. The lowest BCUT2D eigenvalue weighted by Gasteiger charge is -2.10. The Morgan fingerprint density at radius 1 is 1.33 bits per heavy atom. The third kappa shape index (κ3) is 5.00. The molecule has 21 heavy (non-hydrogen) atoms. The van der Waals surface area contributed by atoms with Crippen molar-refractivity contribution in [3.8, 4) is 0 Å². The van der Waals surface area contributed by atoms with Gasteiger partial charge in [-0.2, -0.15) is 0 Å². The molecule has 0 aliphatic carbocycles. The topological polar surface area (TPSA) is 69.0 Å². The fraction of sp³-hybridized carbons (Fsp3) is 0.400. The summed E-state index contributed by atoms with van der Waals surface area (Å²) in [5.41, 5.74) is 2.14. The fourth-order valence-corrected chi connectivity index (χ4v) is 2.07. The van der Waals surface area contributed by atoms with Crippen LogP contribution in [-0.2, 0) is 29.0 Å². The average molecular weight is 288 g/mol. The minimum atomic E-state index is -0.214. The molecule has 0 aliphatic rings. The number of benzene rings is 1. The molecule has 0 atom stereocenters. The van der Waals surface area contributed by atoms with Crippen LogP contribution in [0.1, 0.15) is 17.5 Å². The summed E-state index contributed by atoms with van der Waals surface area (Å²) in [6.07, 6.45) is 4.82. The van der Waals surface area contributed by atoms with Crippen molar-refractivity contribution in [2.45, 2.75) is 25.9 Å². The number of nitrogens with zero attached hydrogens (tertiary/aromatic N) is 3. The Hall–Kier alpha value is -2.21. The summed E-state index contributed by atoms with van der Waals surface area (Å²) in [7, 11) is 1.41. The minimum Gasteiger partial charge on any atom is -0.469 e. The number of hydrogen-bond acceptors (Lipinski definition) is 5. The van der Waals surface area contributed by atoms with E-state index in [0.717, 1.165) is 37.2 Å². The predicted octanol–water partition coefficient (Wildman–Crippen LogP) is 1.17. The summed E-state index contributed by atoms with van der Waals surface area (Å²) in [4.78, 5) is 11.4. The Morgan fingerprint density at radius 3 is 2.86 bits per heavy atom. The predicted molar refractivity (Wildman–Crippen MR) is 78.5 cm³/mol. The van der Waals surface area contributed by atoms with E-state index < -0.39 is 0 Å². The Morgan fingerprint density at radius 2 is 2.14 bits per heavy atom. The minimum absolute atomic E-state index is 0.214. The molecule has 6 heteroatoms. The molecule has 6 nitrogen and oxygen atoms in total. The van der Waals surface area contributed by atoms with Crippen LogP contribution in [0, 0.1) is 0 Å². The molecule has 1 N–H and O–H groups in total. The van der Waals surface area contributed by atoms with E-state index in [2.05, 4.69) is 15.6 Å². The largest absolute Gasteiger partial charge is 0.469 e. The van der Waals surface area contributed by atoms with Crippen molar-refractivity contribution in [3.05, 3.63) is 47.8 Å². The third-order valence-electron chi connectivity index (χ3n) is 3.21. The van der Waals surface area contributed by atoms with Crippen LogP contribution in [0.4, 0.5) is 0 Å². The Bertz CT molecular complexity index is 555. The van der Waals surface area contributed by atoms with Crippen LogP contribution in [-0.4, -0.2) is 34.6 Å². The first-order chi connectivity index (χ1) is 10.3. The molecule has 0 bridgehead atoms. The van der Waals surface area contributed by atoms with E-state index >= 15 is 0 Å². The van der Waals surface area contributed by atoms with Crippen molar-refractivity contribution < 1.29 is 9.53 Å². The van der Waals surface area contributed by atoms with Crippen LogP contribution in [0.5, 0.6) is 0 Å². The Balaban J connectivity index is 1.76. The highest BCUT2D eigenvalue weighted by molar-refractivity contribution is 5.72. The monoisotopic (exact) mass is 288 g/mol. The number of nitrogens with one attached hydrogen (secondary N) is 1. The fourth-order valence-electron chi connectivity index (χ4n) is 2.07. The normalized spacial score (nSPS) is 10.5. The van der Waals surface area contributed by atoms with Gasteiger partial charge in [0.25, 0.3) is 0 Å². The van der Waals surface area contributed by atoms with Gasteiger partial charge in [0.2, 0.25) is 0 Å². The molecule has 2 rings (SSSR count). The lowest BCUT2D eigenvalue weighted by Crippen LogP contribution is -2.18. The average Bonchev–Trinajstić information content (AvgIpc) is 3.01. The first-order valence-corrected chi connectivity index (χ1v) is 6.98. The molecule has 0 radical (unpaired) electrons. The summed E-state index contributed by atoms with van der Waals surface area (Å²) in [5, 5.41) is 11.1. The molecule has 112 valence electrons. The number of carbonyl (C=O) groups is 1. The maximum atomic E-state index is 11.4. The summed E-state index contributed by atoms with van der Waals surface area (Å²) < 4.78 is 6.53. The van der Waals surface area contributed by atoms with Crippen LogP contribution in [0.3, 0.4) is 0 Å². The second-order valence-electron chi connectivity index (χ2n) is 4.72. The lowest BCUT2D eigenvalue weighted by atomic mass is 10.0. The first-order valence-electron chi connectivity index (χ1n) is 6.98. The van der Waals surface area contributed by atoms with Gasteiger partial charge >= 0.3 is 5.97 Å². The van der Waals surface area contributed by atoms with E-state index in [1.54, 1.807) is 6.20 Å². The van der Waals surface area contributed by atoms with E-state index in [0.29, 0.717) is 6.42 Å². The van der Waals surface area contributed by atoms with E-state index in [9.17, 15) is 4.79 Å². The van der Waals surface area contributed by atoms with Gasteiger partial charge in [-0.3, -0.25) is 9.48 Å². The second-order valence-corrected chi connectivity index (χ2v) is 4.72. The Kier molecular flexibility index (Phi) is 5.90. The van der Waals surface area contributed by atoms with Crippen molar-refractivity contribution in [1.29, 1.82) is 0 Å². The zero-order chi connectivity index (χ0) is 14.9. The standard InChI is InChI=1S/C15H20N4O2/c1-21-15(20)11-13-5-2-3-6-14(13)12-16-7-4-9-19-10-8-17-18-19/h2-3,5-6,8,10,16H,4,7,9,11-12H2,1H3. The molecular formula is C15H20N4O2. The molecule has 0 fully saturated rings. The van der Waals surface area contributed by atoms with Crippen LogP contribution >= 0.6 is 0 Å². The van der Waals surface area contributed by atoms with Crippen molar-refractivity contribution in [2.24, 2.45) is 0 Å². The number of esters is 1. The number of methoxy groups -OCH3 is 1. The van der Waals surface area contributed by atoms with Gasteiger partial charge in [-0.05, 0) is 24.1 Å². The molecule has 0 spiro atoms. The van der Waals surface area contributed by atoms with E-state index in [1.807, 2.05) is 35.1 Å². The summed E-state index contributed by atoms with van der Waals surface area (Å²) >= 11 is 0. The van der Waals surface area contributed by atoms with Gasteiger partial charge in [0.15, 0.2) is 0 Å². The van der Waals surface area contributed by atoms with Gasteiger partial charge in [-0.25, -0.2) is 0 Å². The molecule has 0 unspecified atom stereocenters. The molecule has 1 aromatic carbocycles. The van der Waals surface area contributed by atoms with Gasteiger partial charge in [-0.15, -0.1) is 5.10 Å². The number of ether oxygens (including phenoxy) is 1. The maximum absolute atomic E-state index is 11.4. The summed E-state index contributed by atoms with van der Waals surface area (Å²) in [6.45, 7) is 2.47. The van der Waals surface area contributed by atoms with Gasteiger partial charge in [0, 0.05) is 19.3 Å². The summed E-state index contributed by atoms with van der Waals surface area (Å²) in [6, 6.07) is 7.91. The molecular weight excluding hydrogens is 268 g/mol. The third-order valence-corrected chi connectivity index (χ3v) is 3.21. The van der Waals surface area contributed by atoms with Crippen LogP contribution in [0.15, 0.2) is 36.7 Å². The lowest BCUT2D eigenvalue weighted by molar-refractivity contribution is -0.139. The molecule has 0 aliphatic heterocycles. The number of hydrogen-bond donors (Lipinski definition) is 1. The van der Waals surface area contributed by atoms with Crippen LogP contribution in [0.25, 0.3) is 0 Å². The number of aryl methyl sites for hydroxylation is 1. The second kappa shape index (κ2) is 8.16. The van der Waals surface area contributed by atoms with Crippen LogP contribution in [0.2, 0.25) is 0 Å². The maximum Gasteiger partial charge on any atom is 0.309 e. The zero-order valence-corrected chi connectivity index (χ0v) is 12.2. The highest BCUT2D eigenvalue weighted by Gasteiger charge is 2.07. The zero-order valence-electron chi connectivity index (χ0n) is 12.2. The molecule has 1 heterocycles. The highest BCUT2D eigenvalue weighted by atomic mass is 16.5. The first kappa shape index (κ1) is 15.2. The molecule has 1 aromatic heterocycles. The van der Waals surface area contributed by atoms with Crippen LogP contribution < -0.4 is 5.32 Å². The summed E-state index contributed by atoms with van der Waals surface area (Å²) in [5.74, 6) is -0.214. The quantitative estimate of drug-likeness (QED) is 0.583. The number of aromatic nitrogens is 3. The van der Waals surface area contributed by atoms with Gasteiger partial charge in [0.1, 0.15) is 0 Å². The van der Waals surface area contributed by atoms with Crippen molar-refractivity contribution in [2.75, 3.05) is 13.7 Å². The smallest absolute Gasteiger partial charge is 0.309 e. The van der Waals surface area contributed by atoms with Crippen molar-refractivity contribution >= 4 is 5.97 Å². The van der Waals surface area contributed by atoms with Gasteiger partial charge in [0.05, 0.1) is 19.7 Å². The highest BCUT2D eigenvalue weighted by Crippen LogP contribution is 2.10. The number of rotatable bonds is 8. The van der Waals surface area contributed by atoms with Gasteiger partial charge < -0.3 is 10.1 Å². The van der Waals surface area contributed by atoms with Crippen molar-refractivity contribution in [1.82, 2.24) is 20.3 Å². The molecule has 2 aromatic rings. The van der Waals surface area contributed by atoms with E-state index in [-0.39, 0.29) is 5.97 Å². The molecule has 0 saturated carbocycles. The van der Waals surface area contributed by atoms with Gasteiger partial charge in [-0.1, -0.05) is 29.5 Å². The van der Waals surface area contributed by atoms with E-state index in [1.165, 1.54) is 7.11 Å². The van der Waals surface area contributed by atoms with E-state index in [4.69, 9.17) is 4.74 Å². The number of carbonyl (C=O) groups excluding carboxylic acids is 1. The molecule has 0 amide bonds. The SMILES string of the molecule is COC(=O)Cc1ccccc1CNCCCn1ccnn1. The van der Waals surface area contributed by atoms with Crippen molar-refractivity contribution in [3.63, 3.8) is 0 Å². The Labute approximate surface area is 124 Å².